The molecule has 4 heteroatoms. The molecular weight excluding hydrogens is 280 g/mol. The van der Waals surface area contributed by atoms with Gasteiger partial charge >= 0.3 is 11.9 Å². The van der Waals surface area contributed by atoms with Crippen molar-refractivity contribution in [2.45, 2.75) is 20.8 Å². The molecule has 0 atom stereocenters. The number of rotatable bonds is 3. The van der Waals surface area contributed by atoms with Crippen molar-refractivity contribution in [3.8, 4) is 5.75 Å². The molecule has 0 bridgehead atoms. The Kier molecular flexibility index (Phi) is 4.61. The minimum absolute atomic E-state index is 0.414. The van der Waals surface area contributed by atoms with Crippen LogP contribution in [0.5, 0.6) is 5.75 Å². The summed E-state index contributed by atoms with van der Waals surface area (Å²) in [5.74, 6) is -0.363. The predicted octanol–water partition coefficient (Wildman–Crippen LogP) is 3.62. The van der Waals surface area contributed by atoms with Gasteiger partial charge in [-0.15, -0.1) is 0 Å². The number of carbonyl (C=O) groups is 2. The zero-order chi connectivity index (χ0) is 16.3. The van der Waals surface area contributed by atoms with Crippen LogP contribution in [0.4, 0.5) is 0 Å². The zero-order valence-corrected chi connectivity index (χ0v) is 13.1. The highest BCUT2D eigenvalue weighted by atomic mass is 16.5. The molecule has 0 unspecified atom stereocenters. The molecular formula is C18H18O4. The van der Waals surface area contributed by atoms with Crippen LogP contribution >= 0.6 is 0 Å². The van der Waals surface area contributed by atoms with Crippen LogP contribution in [0.2, 0.25) is 0 Å². The van der Waals surface area contributed by atoms with E-state index in [1.54, 1.807) is 38.1 Å². The molecule has 114 valence electrons. The van der Waals surface area contributed by atoms with Gasteiger partial charge in [0.05, 0.1) is 18.2 Å². The van der Waals surface area contributed by atoms with Crippen LogP contribution in [0.25, 0.3) is 0 Å². The van der Waals surface area contributed by atoms with E-state index in [9.17, 15) is 9.59 Å². The molecule has 0 aromatic heterocycles. The van der Waals surface area contributed by atoms with Crippen molar-refractivity contribution >= 4 is 11.9 Å². The fraction of sp³-hybridized carbons (Fsp3) is 0.222. The Balaban J connectivity index is 2.28. The Morgan fingerprint density at radius 1 is 0.818 bits per heavy atom. The van der Waals surface area contributed by atoms with Gasteiger partial charge in [0, 0.05) is 0 Å². The molecule has 0 aliphatic heterocycles. The maximum Gasteiger partial charge on any atom is 0.343 e. The highest BCUT2D eigenvalue weighted by Crippen LogP contribution is 2.26. The van der Waals surface area contributed by atoms with E-state index in [1.165, 1.54) is 7.11 Å². The zero-order valence-electron chi connectivity index (χ0n) is 13.1. The second-order valence-electron chi connectivity index (χ2n) is 5.19. The Morgan fingerprint density at radius 3 is 1.86 bits per heavy atom. The highest BCUT2D eigenvalue weighted by Gasteiger charge is 2.15. The number of hydrogen-bond acceptors (Lipinski definition) is 4. The third-order valence-corrected chi connectivity index (χ3v) is 3.36. The Morgan fingerprint density at radius 2 is 1.36 bits per heavy atom. The minimum atomic E-state index is -0.419. The first-order valence-corrected chi connectivity index (χ1v) is 6.90. The van der Waals surface area contributed by atoms with E-state index in [2.05, 4.69) is 0 Å². The molecule has 2 aromatic carbocycles. The first-order chi connectivity index (χ1) is 10.4. The third kappa shape index (κ3) is 3.34. The summed E-state index contributed by atoms with van der Waals surface area (Å²) in [5.41, 5.74) is 3.42. The SMILES string of the molecule is COC(=O)c1cc(C)c(OC(=O)c2ccc(C)cc2)c(C)c1. The van der Waals surface area contributed by atoms with Gasteiger partial charge in [-0.3, -0.25) is 0 Å². The molecule has 0 spiro atoms. The van der Waals surface area contributed by atoms with Crippen molar-refractivity contribution in [2.75, 3.05) is 7.11 Å². The molecule has 0 amide bonds. The van der Waals surface area contributed by atoms with Gasteiger partial charge < -0.3 is 9.47 Å². The molecule has 0 heterocycles. The summed E-state index contributed by atoms with van der Waals surface area (Å²) in [5, 5.41) is 0. The fourth-order valence-electron chi connectivity index (χ4n) is 2.19. The van der Waals surface area contributed by atoms with Crippen LogP contribution in [0.1, 0.15) is 37.4 Å². The molecule has 22 heavy (non-hydrogen) atoms. The normalized spacial score (nSPS) is 10.2. The van der Waals surface area contributed by atoms with Crippen molar-refractivity contribution in [1.29, 1.82) is 0 Å². The van der Waals surface area contributed by atoms with E-state index in [1.807, 2.05) is 19.1 Å². The van der Waals surface area contributed by atoms with Gasteiger partial charge in [-0.05, 0) is 56.2 Å². The van der Waals surface area contributed by atoms with Crippen LogP contribution in [-0.4, -0.2) is 19.0 Å². The van der Waals surface area contributed by atoms with Crippen LogP contribution in [0, 0.1) is 20.8 Å². The van der Waals surface area contributed by atoms with Crippen molar-refractivity contribution < 1.29 is 19.1 Å². The summed E-state index contributed by atoms with van der Waals surface area (Å²) in [6, 6.07) is 10.5. The summed E-state index contributed by atoms with van der Waals surface area (Å²) in [6.07, 6.45) is 0. The minimum Gasteiger partial charge on any atom is -0.465 e. The largest absolute Gasteiger partial charge is 0.465 e. The third-order valence-electron chi connectivity index (χ3n) is 3.36. The van der Waals surface area contributed by atoms with E-state index in [0.29, 0.717) is 28.0 Å². The molecule has 0 saturated heterocycles. The van der Waals surface area contributed by atoms with E-state index in [-0.39, 0.29) is 0 Å². The lowest BCUT2D eigenvalue weighted by atomic mass is 10.1. The van der Waals surface area contributed by atoms with Gasteiger partial charge in [-0.2, -0.15) is 0 Å². The summed E-state index contributed by atoms with van der Waals surface area (Å²) < 4.78 is 10.2. The average molecular weight is 298 g/mol. The fourth-order valence-corrected chi connectivity index (χ4v) is 2.19. The monoisotopic (exact) mass is 298 g/mol. The smallest absolute Gasteiger partial charge is 0.343 e. The number of hydrogen-bond donors (Lipinski definition) is 0. The Bertz CT molecular complexity index is 691. The van der Waals surface area contributed by atoms with Crippen molar-refractivity contribution in [1.82, 2.24) is 0 Å². The lowest BCUT2D eigenvalue weighted by Crippen LogP contribution is -2.11. The first kappa shape index (κ1) is 15.8. The summed E-state index contributed by atoms with van der Waals surface area (Å²) in [4.78, 5) is 23.8. The second kappa shape index (κ2) is 6.43. The molecule has 0 radical (unpaired) electrons. The number of esters is 2. The van der Waals surface area contributed by atoms with Crippen LogP contribution in [-0.2, 0) is 4.74 Å². The van der Waals surface area contributed by atoms with Gasteiger partial charge in [0.25, 0.3) is 0 Å². The molecule has 2 rings (SSSR count). The molecule has 0 aliphatic carbocycles. The van der Waals surface area contributed by atoms with Gasteiger partial charge in [0.1, 0.15) is 5.75 Å². The number of methoxy groups -OCH3 is 1. The van der Waals surface area contributed by atoms with Crippen LogP contribution in [0.3, 0.4) is 0 Å². The van der Waals surface area contributed by atoms with E-state index in [0.717, 1.165) is 5.56 Å². The lowest BCUT2D eigenvalue weighted by Gasteiger charge is -2.12. The molecule has 0 aliphatic rings. The van der Waals surface area contributed by atoms with Crippen LogP contribution in [0.15, 0.2) is 36.4 Å². The topological polar surface area (TPSA) is 52.6 Å². The van der Waals surface area contributed by atoms with Gasteiger partial charge in [-0.1, -0.05) is 17.7 Å². The van der Waals surface area contributed by atoms with Gasteiger partial charge in [0.2, 0.25) is 0 Å². The molecule has 2 aromatic rings. The predicted molar refractivity (Wildman–Crippen MR) is 83.4 cm³/mol. The van der Waals surface area contributed by atoms with Crippen molar-refractivity contribution in [3.63, 3.8) is 0 Å². The quantitative estimate of drug-likeness (QED) is 0.641. The van der Waals surface area contributed by atoms with Gasteiger partial charge in [0.15, 0.2) is 0 Å². The maximum absolute atomic E-state index is 12.2. The number of carbonyl (C=O) groups excluding carboxylic acids is 2. The van der Waals surface area contributed by atoms with Crippen molar-refractivity contribution in [3.05, 3.63) is 64.2 Å². The summed E-state index contributed by atoms with van der Waals surface area (Å²) in [6.45, 7) is 5.53. The lowest BCUT2D eigenvalue weighted by molar-refractivity contribution is 0.0600. The maximum atomic E-state index is 12.2. The van der Waals surface area contributed by atoms with E-state index >= 15 is 0 Å². The molecule has 0 saturated carbocycles. The summed E-state index contributed by atoms with van der Waals surface area (Å²) >= 11 is 0. The first-order valence-electron chi connectivity index (χ1n) is 6.90. The van der Waals surface area contributed by atoms with Crippen molar-refractivity contribution in [2.24, 2.45) is 0 Å². The van der Waals surface area contributed by atoms with Gasteiger partial charge in [-0.25, -0.2) is 9.59 Å². The molecule has 0 fully saturated rings. The van der Waals surface area contributed by atoms with E-state index in [4.69, 9.17) is 9.47 Å². The highest BCUT2D eigenvalue weighted by molar-refractivity contribution is 5.92. The number of aryl methyl sites for hydroxylation is 3. The second-order valence-corrected chi connectivity index (χ2v) is 5.19. The van der Waals surface area contributed by atoms with E-state index < -0.39 is 11.9 Å². The van der Waals surface area contributed by atoms with Crippen LogP contribution < -0.4 is 4.74 Å². The molecule has 0 N–H and O–H groups in total. The Labute approximate surface area is 129 Å². The number of benzene rings is 2. The molecule has 4 nitrogen and oxygen atoms in total. The number of ether oxygens (including phenoxy) is 2. The standard InChI is InChI=1S/C18H18O4/c1-11-5-7-14(8-6-11)18(20)22-16-12(2)9-15(10-13(16)3)17(19)21-4/h5-10H,1-4H3. The Hall–Kier alpha value is -2.62. The summed E-state index contributed by atoms with van der Waals surface area (Å²) in [7, 11) is 1.33. The average Bonchev–Trinajstić information content (AvgIpc) is 2.50.